The molecule has 2 fully saturated rings. The Bertz CT molecular complexity index is 658. The zero-order valence-corrected chi connectivity index (χ0v) is 15.2. The minimum atomic E-state index is -0.245. The number of aromatic nitrogens is 2. The summed E-state index contributed by atoms with van der Waals surface area (Å²) in [5, 5.41) is 0. The van der Waals surface area contributed by atoms with Crippen LogP contribution in [0.2, 0.25) is 0 Å². The van der Waals surface area contributed by atoms with Crippen molar-refractivity contribution in [2.45, 2.75) is 12.6 Å². The first kappa shape index (κ1) is 17.4. The first-order chi connectivity index (χ1) is 11.9. The van der Waals surface area contributed by atoms with Crippen LogP contribution < -0.4 is 9.80 Å². The lowest BCUT2D eigenvalue weighted by atomic mass is 10.1. The molecule has 1 unspecified atom stereocenters. The molecule has 1 aromatic rings. The summed E-state index contributed by atoms with van der Waals surface area (Å²) >= 11 is 0. The van der Waals surface area contributed by atoms with Gasteiger partial charge in [-0.1, -0.05) is 0 Å². The number of carbonyl (C=O) groups excluding carboxylic acids is 2. The Balaban J connectivity index is 1.65. The van der Waals surface area contributed by atoms with Crippen molar-refractivity contribution >= 4 is 23.7 Å². The molecule has 2 saturated heterocycles. The normalized spacial score (nSPS) is 22.6. The minimum Gasteiger partial charge on any atom is -0.363 e. The molecule has 136 valence electrons. The van der Waals surface area contributed by atoms with Crippen LogP contribution in [-0.2, 0) is 4.79 Å². The molecule has 0 radical (unpaired) electrons. The Morgan fingerprint density at radius 2 is 1.80 bits per heavy atom. The number of rotatable bonds is 3. The summed E-state index contributed by atoms with van der Waals surface area (Å²) in [5.74, 6) is 1.46. The lowest BCUT2D eigenvalue weighted by molar-refractivity contribution is -0.134. The SMILES string of the molecule is CN1C(=O)CC(N2CCN(c3nccc(N(C)C)n3)CC2)N(C)C1=O. The van der Waals surface area contributed by atoms with Gasteiger partial charge in [0.1, 0.15) is 5.82 Å². The number of amides is 3. The van der Waals surface area contributed by atoms with Crippen LogP contribution in [0.15, 0.2) is 12.3 Å². The largest absolute Gasteiger partial charge is 0.363 e. The first-order valence-electron chi connectivity index (χ1n) is 8.41. The number of hydrogen-bond acceptors (Lipinski definition) is 7. The maximum absolute atomic E-state index is 12.1. The smallest absolute Gasteiger partial charge is 0.327 e. The second kappa shape index (κ2) is 6.83. The van der Waals surface area contributed by atoms with Gasteiger partial charge in [-0.05, 0) is 6.07 Å². The van der Waals surface area contributed by atoms with E-state index in [2.05, 4.69) is 19.8 Å². The average Bonchev–Trinajstić information content (AvgIpc) is 2.63. The summed E-state index contributed by atoms with van der Waals surface area (Å²) in [5.41, 5.74) is 0. The third-order valence-electron chi connectivity index (χ3n) is 4.87. The Kier molecular flexibility index (Phi) is 4.76. The van der Waals surface area contributed by atoms with Crippen LogP contribution >= 0.6 is 0 Å². The van der Waals surface area contributed by atoms with Crippen LogP contribution in [0.5, 0.6) is 0 Å². The highest BCUT2D eigenvalue weighted by Crippen LogP contribution is 2.21. The summed E-state index contributed by atoms with van der Waals surface area (Å²) < 4.78 is 0. The van der Waals surface area contributed by atoms with Crippen molar-refractivity contribution in [1.82, 2.24) is 24.7 Å². The minimum absolute atomic E-state index is 0.127. The molecular formula is C16H25N7O2. The molecule has 2 aliphatic heterocycles. The van der Waals surface area contributed by atoms with E-state index < -0.39 is 0 Å². The van der Waals surface area contributed by atoms with E-state index in [4.69, 9.17) is 0 Å². The van der Waals surface area contributed by atoms with Crippen molar-refractivity contribution in [1.29, 1.82) is 0 Å². The monoisotopic (exact) mass is 347 g/mol. The van der Waals surface area contributed by atoms with E-state index in [1.165, 1.54) is 11.9 Å². The Morgan fingerprint density at radius 3 is 2.44 bits per heavy atom. The molecule has 3 amide bonds. The van der Waals surface area contributed by atoms with Gasteiger partial charge in [0.05, 0.1) is 12.6 Å². The predicted octanol–water partition coefficient (Wildman–Crippen LogP) is -0.0954. The maximum atomic E-state index is 12.1. The van der Waals surface area contributed by atoms with Gasteiger partial charge < -0.3 is 14.7 Å². The molecule has 9 heteroatoms. The van der Waals surface area contributed by atoms with Crippen molar-refractivity contribution in [3.8, 4) is 0 Å². The molecule has 25 heavy (non-hydrogen) atoms. The number of anilines is 2. The third-order valence-corrected chi connectivity index (χ3v) is 4.87. The zero-order valence-electron chi connectivity index (χ0n) is 15.2. The number of carbonyl (C=O) groups is 2. The molecule has 1 aromatic heterocycles. The maximum Gasteiger partial charge on any atom is 0.327 e. The zero-order chi connectivity index (χ0) is 18.1. The fraction of sp³-hybridized carbons (Fsp3) is 0.625. The summed E-state index contributed by atoms with van der Waals surface area (Å²) in [6.07, 6.45) is 1.93. The predicted molar refractivity (Wildman–Crippen MR) is 94.5 cm³/mol. The van der Waals surface area contributed by atoms with Crippen LogP contribution in [0.4, 0.5) is 16.6 Å². The molecule has 0 bridgehead atoms. The van der Waals surface area contributed by atoms with Gasteiger partial charge in [-0.15, -0.1) is 0 Å². The van der Waals surface area contributed by atoms with Crippen LogP contribution in [-0.4, -0.2) is 97.1 Å². The number of urea groups is 1. The van der Waals surface area contributed by atoms with E-state index in [0.29, 0.717) is 6.42 Å². The standard InChI is InChI=1S/C16H25N7O2/c1-19(2)12-5-6-17-15(18-12)23-9-7-22(8-10-23)13-11-14(24)21(4)16(25)20(13)3/h5-6,13H,7-11H2,1-4H3. The molecule has 0 aliphatic carbocycles. The fourth-order valence-electron chi connectivity index (χ4n) is 3.24. The van der Waals surface area contributed by atoms with Crippen LogP contribution in [0.25, 0.3) is 0 Å². The fourth-order valence-corrected chi connectivity index (χ4v) is 3.24. The second-order valence-electron chi connectivity index (χ2n) is 6.66. The van der Waals surface area contributed by atoms with Gasteiger partial charge in [0.25, 0.3) is 0 Å². The van der Waals surface area contributed by atoms with Gasteiger partial charge in [-0.25, -0.2) is 9.78 Å². The Labute approximate surface area is 147 Å². The number of imide groups is 1. The molecule has 0 aromatic carbocycles. The van der Waals surface area contributed by atoms with E-state index in [9.17, 15) is 9.59 Å². The summed E-state index contributed by atoms with van der Waals surface area (Å²) in [4.78, 5) is 42.2. The van der Waals surface area contributed by atoms with E-state index in [-0.39, 0.29) is 18.1 Å². The molecule has 9 nitrogen and oxygen atoms in total. The van der Waals surface area contributed by atoms with E-state index in [0.717, 1.165) is 37.9 Å². The molecule has 2 aliphatic rings. The summed E-state index contributed by atoms with van der Waals surface area (Å²) in [7, 11) is 7.19. The van der Waals surface area contributed by atoms with Crippen molar-refractivity contribution in [3.05, 3.63) is 12.3 Å². The molecule has 0 N–H and O–H groups in total. The lowest BCUT2D eigenvalue weighted by Crippen LogP contribution is -2.62. The van der Waals surface area contributed by atoms with Gasteiger partial charge in [0.15, 0.2) is 0 Å². The highest BCUT2D eigenvalue weighted by Gasteiger charge is 2.38. The summed E-state index contributed by atoms with van der Waals surface area (Å²) in [6, 6.07) is 1.63. The number of nitrogens with zero attached hydrogens (tertiary/aromatic N) is 7. The quantitative estimate of drug-likeness (QED) is 0.756. The van der Waals surface area contributed by atoms with E-state index in [1.54, 1.807) is 18.1 Å². The van der Waals surface area contributed by atoms with Crippen molar-refractivity contribution < 1.29 is 9.59 Å². The van der Waals surface area contributed by atoms with E-state index in [1.807, 2.05) is 25.1 Å². The van der Waals surface area contributed by atoms with Crippen LogP contribution in [0.1, 0.15) is 6.42 Å². The molecule has 3 heterocycles. The van der Waals surface area contributed by atoms with Gasteiger partial charge in [-0.2, -0.15) is 4.98 Å². The highest BCUT2D eigenvalue weighted by atomic mass is 16.2. The van der Waals surface area contributed by atoms with Gasteiger partial charge in [0.2, 0.25) is 11.9 Å². The van der Waals surface area contributed by atoms with Crippen molar-refractivity contribution in [3.63, 3.8) is 0 Å². The van der Waals surface area contributed by atoms with Gasteiger partial charge in [-0.3, -0.25) is 14.6 Å². The number of hydrogen-bond donors (Lipinski definition) is 0. The average molecular weight is 347 g/mol. The van der Waals surface area contributed by atoms with Crippen molar-refractivity contribution in [2.75, 3.05) is 64.2 Å². The second-order valence-corrected chi connectivity index (χ2v) is 6.66. The van der Waals surface area contributed by atoms with Crippen LogP contribution in [0.3, 0.4) is 0 Å². The highest BCUT2D eigenvalue weighted by molar-refractivity contribution is 5.96. The lowest BCUT2D eigenvalue weighted by Gasteiger charge is -2.45. The molecule has 0 spiro atoms. The van der Waals surface area contributed by atoms with E-state index >= 15 is 0 Å². The van der Waals surface area contributed by atoms with Gasteiger partial charge >= 0.3 is 6.03 Å². The Hall–Kier alpha value is -2.42. The van der Waals surface area contributed by atoms with Crippen LogP contribution in [0, 0.1) is 0 Å². The third kappa shape index (κ3) is 3.37. The topological polar surface area (TPSA) is 76.1 Å². The van der Waals surface area contributed by atoms with Gasteiger partial charge in [0, 0.05) is 60.6 Å². The molecule has 1 atom stereocenters. The Morgan fingerprint density at radius 1 is 1.12 bits per heavy atom. The first-order valence-corrected chi connectivity index (χ1v) is 8.41. The number of piperazine rings is 1. The molecule has 3 rings (SSSR count). The van der Waals surface area contributed by atoms with Crippen molar-refractivity contribution in [2.24, 2.45) is 0 Å². The summed E-state index contributed by atoms with van der Waals surface area (Å²) in [6.45, 7) is 3.04. The molecule has 0 saturated carbocycles. The molecular weight excluding hydrogens is 322 g/mol.